The minimum absolute atomic E-state index is 0.139. The molecule has 0 unspecified atom stereocenters. The number of nitrogens with one attached hydrogen (secondary N) is 2. The third-order valence-corrected chi connectivity index (χ3v) is 3.68. The molecule has 23 heavy (non-hydrogen) atoms. The number of nitrogens with zero attached hydrogens (tertiary/aromatic N) is 1. The van der Waals surface area contributed by atoms with Crippen molar-refractivity contribution in [3.63, 3.8) is 0 Å². The highest BCUT2D eigenvalue weighted by molar-refractivity contribution is 6.09. The highest BCUT2D eigenvalue weighted by atomic mass is 19.4. The fraction of sp³-hybridized carbons (Fsp3) is 0.462. The Kier molecular flexibility index (Phi) is 3.34. The summed E-state index contributed by atoms with van der Waals surface area (Å²) in [5.74, 6) is -2.91. The van der Waals surface area contributed by atoms with Crippen molar-refractivity contribution in [3.8, 4) is 0 Å². The van der Waals surface area contributed by atoms with Crippen LogP contribution in [0, 0.1) is 5.92 Å². The molecule has 2 N–H and O–H groups in total. The largest absolute Gasteiger partial charge is 0.467 e. The van der Waals surface area contributed by atoms with Crippen molar-refractivity contribution in [1.82, 2.24) is 15.5 Å². The lowest BCUT2D eigenvalue weighted by molar-refractivity contribution is -0.204. The third-order valence-electron chi connectivity index (χ3n) is 3.68. The number of imide groups is 1. The van der Waals surface area contributed by atoms with E-state index in [1.165, 1.54) is 18.4 Å². The van der Waals surface area contributed by atoms with Crippen LogP contribution in [-0.4, -0.2) is 34.6 Å². The number of hydrogen-bond donors (Lipinski definition) is 2. The minimum Gasteiger partial charge on any atom is -0.467 e. The quantitative estimate of drug-likeness (QED) is 0.809. The van der Waals surface area contributed by atoms with Crippen LogP contribution in [0.3, 0.4) is 0 Å². The van der Waals surface area contributed by atoms with E-state index in [0.29, 0.717) is 17.7 Å². The highest BCUT2D eigenvalue weighted by Gasteiger charge is 2.69. The first-order valence-electron chi connectivity index (χ1n) is 6.80. The summed E-state index contributed by atoms with van der Waals surface area (Å²) in [6.45, 7) is -0.463. The predicted molar refractivity (Wildman–Crippen MR) is 67.4 cm³/mol. The van der Waals surface area contributed by atoms with Crippen LogP contribution in [0.15, 0.2) is 22.8 Å². The molecule has 1 saturated carbocycles. The molecule has 0 bridgehead atoms. The number of rotatable bonds is 4. The van der Waals surface area contributed by atoms with E-state index in [4.69, 9.17) is 4.42 Å². The molecule has 3 rings (SSSR count). The SMILES string of the molecule is O=C(N[C@@]1(C(F)(F)F)NC(=O)N(Cc2ccco2)C1=O)C1CC1. The molecule has 124 valence electrons. The minimum atomic E-state index is -5.18. The smallest absolute Gasteiger partial charge is 0.440 e. The molecule has 1 atom stereocenters. The van der Waals surface area contributed by atoms with Crippen LogP contribution in [-0.2, 0) is 16.1 Å². The Morgan fingerprint density at radius 1 is 1.43 bits per heavy atom. The summed E-state index contributed by atoms with van der Waals surface area (Å²) in [5.41, 5.74) is -3.43. The molecule has 1 aromatic heterocycles. The number of halogens is 3. The van der Waals surface area contributed by atoms with Crippen molar-refractivity contribution in [1.29, 1.82) is 0 Å². The van der Waals surface area contributed by atoms with Crippen molar-refractivity contribution >= 4 is 17.8 Å². The van der Waals surface area contributed by atoms with Crippen LogP contribution in [0.25, 0.3) is 0 Å². The molecule has 10 heteroatoms. The standard InChI is InChI=1S/C13H12F3N3O4/c14-13(15,16)12(17-9(20)7-3-4-7)10(21)19(11(22)18-12)6-8-2-1-5-23-8/h1-2,5,7H,3-4,6H2,(H,17,20)(H,18,22)/t12-/m1/s1. The van der Waals surface area contributed by atoms with Crippen LogP contribution in [0.1, 0.15) is 18.6 Å². The van der Waals surface area contributed by atoms with Gasteiger partial charge in [-0.05, 0) is 25.0 Å². The van der Waals surface area contributed by atoms with E-state index in [0.717, 1.165) is 0 Å². The maximum atomic E-state index is 13.4. The second-order valence-corrected chi connectivity index (χ2v) is 5.41. The molecule has 0 aromatic carbocycles. The van der Waals surface area contributed by atoms with Gasteiger partial charge in [-0.3, -0.25) is 19.8 Å². The summed E-state index contributed by atoms with van der Waals surface area (Å²) in [7, 11) is 0. The van der Waals surface area contributed by atoms with Crippen molar-refractivity contribution in [3.05, 3.63) is 24.2 Å². The van der Waals surface area contributed by atoms with Crippen LogP contribution in [0.5, 0.6) is 0 Å². The Morgan fingerprint density at radius 3 is 2.65 bits per heavy atom. The number of furan rings is 1. The zero-order valence-electron chi connectivity index (χ0n) is 11.6. The average Bonchev–Trinajstić information content (AvgIpc) is 3.14. The normalized spacial score (nSPS) is 24.7. The molecule has 0 radical (unpaired) electrons. The fourth-order valence-electron chi connectivity index (χ4n) is 2.26. The summed E-state index contributed by atoms with van der Waals surface area (Å²) >= 11 is 0. The van der Waals surface area contributed by atoms with Crippen molar-refractivity contribution in [2.75, 3.05) is 0 Å². The fourth-order valence-corrected chi connectivity index (χ4v) is 2.26. The van der Waals surface area contributed by atoms with E-state index < -0.39 is 42.1 Å². The van der Waals surface area contributed by atoms with Gasteiger partial charge in [-0.1, -0.05) is 0 Å². The number of hydrogen-bond acceptors (Lipinski definition) is 4. The molecule has 7 nitrogen and oxygen atoms in total. The van der Waals surface area contributed by atoms with E-state index in [1.54, 1.807) is 10.6 Å². The molecular formula is C13H12F3N3O4. The number of carbonyl (C=O) groups is 3. The van der Waals surface area contributed by atoms with Gasteiger partial charge in [0.15, 0.2) is 0 Å². The topological polar surface area (TPSA) is 91.7 Å². The lowest BCUT2D eigenvalue weighted by Crippen LogP contribution is -2.69. The Labute approximate surface area is 127 Å². The molecule has 1 aromatic rings. The maximum Gasteiger partial charge on any atom is 0.440 e. The van der Waals surface area contributed by atoms with Gasteiger partial charge in [0, 0.05) is 5.92 Å². The summed E-state index contributed by atoms with van der Waals surface area (Å²) < 4.78 is 45.2. The van der Waals surface area contributed by atoms with Gasteiger partial charge in [-0.25, -0.2) is 4.79 Å². The molecule has 4 amide bonds. The van der Waals surface area contributed by atoms with Crippen molar-refractivity contribution in [2.45, 2.75) is 31.2 Å². The number of urea groups is 1. The Balaban J connectivity index is 1.88. The molecule has 2 heterocycles. The molecule has 1 aliphatic carbocycles. The van der Waals surface area contributed by atoms with Gasteiger partial charge in [-0.2, -0.15) is 13.2 Å². The van der Waals surface area contributed by atoms with Gasteiger partial charge >= 0.3 is 12.2 Å². The predicted octanol–water partition coefficient (Wildman–Crippen LogP) is 1.12. The molecule has 2 fully saturated rings. The summed E-state index contributed by atoms with van der Waals surface area (Å²) in [5, 5.41) is 3.24. The lowest BCUT2D eigenvalue weighted by atomic mass is 10.1. The van der Waals surface area contributed by atoms with E-state index in [1.807, 2.05) is 0 Å². The number of amides is 4. The second-order valence-electron chi connectivity index (χ2n) is 5.41. The molecular weight excluding hydrogens is 319 g/mol. The second kappa shape index (κ2) is 5.00. The molecule has 0 spiro atoms. The number of carbonyl (C=O) groups excluding carboxylic acids is 3. The van der Waals surface area contributed by atoms with E-state index >= 15 is 0 Å². The lowest BCUT2D eigenvalue weighted by Gasteiger charge is -2.29. The Morgan fingerprint density at radius 2 is 2.13 bits per heavy atom. The van der Waals surface area contributed by atoms with Crippen LogP contribution in [0.2, 0.25) is 0 Å². The van der Waals surface area contributed by atoms with Gasteiger partial charge in [-0.15, -0.1) is 0 Å². The van der Waals surface area contributed by atoms with Gasteiger partial charge in [0.25, 0.3) is 11.6 Å². The average molecular weight is 331 g/mol. The monoisotopic (exact) mass is 331 g/mol. The Bertz CT molecular complexity index is 654. The molecule has 1 saturated heterocycles. The highest BCUT2D eigenvalue weighted by Crippen LogP contribution is 2.36. The number of alkyl halides is 3. The van der Waals surface area contributed by atoms with Gasteiger partial charge < -0.3 is 9.73 Å². The van der Waals surface area contributed by atoms with Crippen LogP contribution >= 0.6 is 0 Å². The van der Waals surface area contributed by atoms with Crippen molar-refractivity contribution < 1.29 is 32.0 Å². The molecule has 1 aliphatic heterocycles. The zero-order valence-corrected chi connectivity index (χ0v) is 11.6. The van der Waals surface area contributed by atoms with E-state index in [2.05, 4.69) is 0 Å². The Hall–Kier alpha value is -2.52. The first-order chi connectivity index (χ1) is 10.7. The third kappa shape index (κ3) is 2.53. The van der Waals surface area contributed by atoms with Crippen LogP contribution < -0.4 is 10.6 Å². The van der Waals surface area contributed by atoms with Crippen molar-refractivity contribution in [2.24, 2.45) is 5.92 Å². The first kappa shape index (κ1) is 15.4. The first-order valence-corrected chi connectivity index (χ1v) is 6.80. The summed E-state index contributed by atoms with van der Waals surface area (Å²) in [6.07, 6.45) is -3.00. The van der Waals surface area contributed by atoms with Crippen LogP contribution in [0.4, 0.5) is 18.0 Å². The summed E-state index contributed by atoms with van der Waals surface area (Å²) in [6, 6.07) is 1.64. The van der Waals surface area contributed by atoms with Gasteiger partial charge in [0.2, 0.25) is 5.91 Å². The molecule has 2 aliphatic rings. The van der Waals surface area contributed by atoms with E-state index in [9.17, 15) is 27.6 Å². The maximum absolute atomic E-state index is 13.4. The van der Waals surface area contributed by atoms with Gasteiger partial charge in [0.05, 0.1) is 12.8 Å². The summed E-state index contributed by atoms with van der Waals surface area (Å²) in [4.78, 5) is 36.2. The van der Waals surface area contributed by atoms with Gasteiger partial charge in [0.1, 0.15) is 5.76 Å². The van der Waals surface area contributed by atoms with E-state index in [-0.39, 0.29) is 5.76 Å². The zero-order chi connectivity index (χ0) is 16.8.